The molecule has 1 aromatic carbocycles. The number of amides is 2. The van der Waals surface area contributed by atoms with E-state index in [1.165, 1.54) is 0 Å². The van der Waals surface area contributed by atoms with Crippen molar-refractivity contribution in [1.82, 2.24) is 9.80 Å². The zero-order valence-corrected chi connectivity index (χ0v) is 14.0. The summed E-state index contributed by atoms with van der Waals surface area (Å²) in [5.74, 6) is 0.0328. The van der Waals surface area contributed by atoms with Gasteiger partial charge in [-0.3, -0.25) is 19.4 Å². The van der Waals surface area contributed by atoms with Gasteiger partial charge in [-0.2, -0.15) is 0 Å². The highest BCUT2D eigenvalue weighted by Gasteiger charge is 2.39. The third kappa shape index (κ3) is 3.11. The van der Waals surface area contributed by atoms with Crippen LogP contribution in [0.5, 0.6) is 0 Å². The van der Waals surface area contributed by atoms with Crippen molar-refractivity contribution in [1.29, 1.82) is 0 Å². The van der Waals surface area contributed by atoms with Crippen LogP contribution < -0.4 is 4.90 Å². The van der Waals surface area contributed by atoms with Crippen LogP contribution in [0.4, 0.5) is 5.69 Å². The summed E-state index contributed by atoms with van der Waals surface area (Å²) in [6, 6.07) is 7.46. The van der Waals surface area contributed by atoms with Crippen LogP contribution in [0.1, 0.15) is 25.8 Å². The molecular weight excluding hydrogens is 290 g/mol. The molecule has 1 fully saturated rings. The van der Waals surface area contributed by atoms with Gasteiger partial charge in [-0.15, -0.1) is 0 Å². The number of anilines is 1. The SMILES string of the molecule is CCCN1CCN(C(=O)[C@@H]2Cc3ccccc3N2C(C)=O)CC1. The summed E-state index contributed by atoms with van der Waals surface area (Å²) < 4.78 is 0. The largest absolute Gasteiger partial charge is 0.338 e. The summed E-state index contributed by atoms with van der Waals surface area (Å²) >= 11 is 0. The van der Waals surface area contributed by atoms with E-state index >= 15 is 0 Å². The van der Waals surface area contributed by atoms with Gasteiger partial charge in [-0.1, -0.05) is 25.1 Å². The Bertz CT molecular complexity index is 594. The number of carbonyl (C=O) groups excluding carboxylic acids is 2. The minimum Gasteiger partial charge on any atom is -0.338 e. The minimum atomic E-state index is -0.373. The van der Waals surface area contributed by atoms with Crippen molar-refractivity contribution in [3.63, 3.8) is 0 Å². The normalized spacial score (nSPS) is 21.4. The second kappa shape index (κ2) is 6.71. The van der Waals surface area contributed by atoms with Crippen LogP contribution in [-0.4, -0.2) is 60.4 Å². The number of piperazine rings is 1. The average molecular weight is 315 g/mol. The fraction of sp³-hybridized carbons (Fsp3) is 0.556. The molecule has 0 spiro atoms. The highest BCUT2D eigenvalue weighted by molar-refractivity contribution is 6.02. The van der Waals surface area contributed by atoms with Gasteiger partial charge in [0, 0.05) is 45.2 Å². The number of rotatable bonds is 3. The third-order valence-electron chi connectivity index (χ3n) is 4.82. The molecule has 23 heavy (non-hydrogen) atoms. The predicted octanol–water partition coefficient (Wildman–Crippen LogP) is 1.52. The Hall–Kier alpha value is -1.88. The molecule has 2 aliphatic heterocycles. The summed E-state index contributed by atoms with van der Waals surface area (Å²) in [4.78, 5) is 31.1. The number of carbonyl (C=O) groups is 2. The molecule has 0 saturated carbocycles. The van der Waals surface area contributed by atoms with Crippen LogP contribution in [0.2, 0.25) is 0 Å². The number of fused-ring (bicyclic) bond motifs is 1. The Balaban J connectivity index is 1.72. The molecule has 2 heterocycles. The second-order valence-electron chi connectivity index (χ2n) is 6.40. The maximum Gasteiger partial charge on any atom is 0.246 e. The van der Waals surface area contributed by atoms with Crippen LogP contribution in [-0.2, 0) is 16.0 Å². The molecule has 1 saturated heterocycles. The molecule has 2 amide bonds. The van der Waals surface area contributed by atoms with Gasteiger partial charge in [-0.05, 0) is 24.6 Å². The first kappa shape index (κ1) is 16.0. The second-order valence-corrected chi connectivity index (χ2v) is 6.40. The molecule has 5 heteroatoms. The summed E-state index contributed by atoms with van der Waals surface area (Å²) in [6.45, 7) is 8.20. The third-order valence-corrected chi connectivity index (χ3v) is 4.82. The molecular formula is C18H25N3O2. The lowest BCUT2D eigenvalue weighted by molar-refractivity contribution is -0.135. The van der Waals surface area contributed by atoms with Gasteiger partial charge in [0.1, 0.15) is 6.04 Å². The van der Waals surface area contributed by atoms with Crippen LogP contribution >= 0.6 is 0 Å². The summed E-state index contributed by atoms with van der Waals surface area (Å²) in [7, 11) is 0. The van der Waals surface area contributed by atoms with Crippen molar-refractivity contribution in [3.8, 4) is 0 Å². The highest BCUT2D eigenvalue weighted by Crippen LogP contribution is 2.33. The van der Waals surface area contributed by atoms with E-state index < -0.39 is 0 Å². The maximum atomic E-state index is 13.0. The van der Waals surface area contributed by atoms with Crippen molar-refractivity contribution >= 4 is 17.5 Å². The summed E-state index contributed by atoms with van der Waals surface area (Å²) in [5.41, 5.74) is 1.98. The zero-order chi connectivity index (χ0) is 16.4. The zero-order valence-electron chi connectivity index (χ0n) is 14.0. The monoisotopic (exact) mass is 315 g/mol. The quantitative estimate of drug-likeness (QED) is 0.849. The van der Waals surface area contributed by atoms with Gasteiger partial charge in [-0.25, -0.2) is 0 Å². The van der Waals surface area contributed by atoms with Crippen LogP contribution in [0.3, 0.4) is 0 Å². The van der Waals surface area contributed by atoms with Crippen molar-refractivity contribution in [2.45, 2.75) is 32.7 Å². The van der Waals surface area contributed by atoms with E-state index in [1.54, 1.807) is 11.8 Å². The van der Waals surface area contributed by atoms with E-state index in [0.29, 0.717) is 6.42 Å². The topological polar surface area (TPSA) is 43.9 Å². The van der Waals surface area contributed by atoms with E-state index in [1.807, 2.05) is 29.2 Å². The van der Waals surface area contributed by atoms with Crippen molar-refractivity contribution in [2.24, 2.45) is 0 Å². The Morgan fingerprint density at radius 1 is 1.13 bits per heavy atom. The van der Waals surface area contributed by atoms with Gasteiger partial charge in [0.05, 0.1) is 0 Å². The van der Waals surface area contributed by atoms with E-state index in [0.717, 1.165) is 50.4 Å². The Labute approximate surface area is 137 Å². The Morgan fingerprint density at radius 2 is 1.83 bits per heavy atom. The molecule has 3 rings (SSSR count). The number of hydrogen-bond donors (Lipinski definition) is 0. The van der Waals surface area contributed by atoms with E-state index in [4.69, 9.17) is 0 Å². The van der Waals surface area contributed by atoms with Gasteiger partial charge in [0.15, 0.2) is 0 Å². The number of benzene rings is 1. The molecule has 2 aliphatic rings. The van der Waals surface area contributed by atoms with Crippen molar-refractivity contribution in [2.75, 3.05) is 37.6 Å². The van der Waals surface area contributed by atoms with Gasteiger partial charge in [0.2, 0.25) is 11.8 Å². The molecule has 0 aliphatic carbocycles. The summed E-state index contributed by atoms with van der Waals surface area (Å²) in [6.07, 6.45) is 1.77. The molecule has 1 aromatic rings. The highest BCUT2D eigenvalue weighted by atomic mass is 16.2. The fourth-order valence-electron chi connectivity index (χ4n) is 3.69. The Morgan fingerprint density at radius 3 is 2.48 bits per heavy atom. The molecule has 0 aromatic heterocycles. The minimum absolute atomic E-state index is 0.0575. The lowest BCUT2D eigenvalue weighted by atomic mass is 10.1. The molecule has 0 unspecified atom stereocenters. The molecule has 0 N–H and O–H groups in total. The smallest absolute Gasteiger partial charge is 0.246 e. The number of para-hydroxylation sites is 1. The first-order valence-corrected chi connectivity index (χ1v) is 8.50. The van der Waals surface area contributed by atoms with Crippen LogP contribution in [0, 0.1) is 0 Å². The average Bonchev–Trinajstić information content (AvgIpc) is 2.95. The molecule has 1 atom stereocenters. The molecule has 5 nitrogen and oxygen atoms in total. The maximum absolute atomic E-state index is 13.0. The number of nitrogens with zero attached hydrogens (tertiary/aromatic N) is 3. The first-order valence-electron chi connectivity index (χ1n) is 8.50. The molecule has 0 radical (unpaired) electrons. The van der Waals surface area contributed by atoms with E-state index in [-0.39, 0.29) is 17.9 Å². The lowest BCUT2D eigenvalue weighted by Gasteiger charge is -2.37. The fourth-order valence-corrected chi connectivity index (χ4v) is 3.69. The first-order chi connectivity index (χ1) is 11.1. The number of hydrogen-bond acceptors (Lipinski definition) is 3. The Kier molecular flexibility index (Phi) is 4.66. The standard InChI is InChI=1S/C18H25N3O2/c1-3-8-19-9-11-20(12-10-19)18(23)17-13-15-6-4-5-7-16(15)21(17)14(2)22/h4-7,17H,3,8-13H2,1-2H3/t17-/m0/s1. The summed E-state index contributed by atoms with van der Waals surface area (Å²) in [5, 5.41) is 0. The van der Waals surface area contributed by atoms with E-state index in [2.05, 4.69) is 11.8 Å². The van der Waals surface area contributed by atoms with Gasteiger partial charge in [0.25, 0.3) is 0 Å². The van der Waals surface area contributed by atoms with Crippen LogP contribution in [0.15, 0.2) is 24.3 Å². The van der Waals surface area contributed by atoms with Crippen molar-refractivity contribution in [3.05, 3.63) is 29.8 Å². The van der Waals surface area contributed by atoms with Crippen LogP contribution in [0.25, 0.3) is 0 Å². The van der Waals surface area contributed by atoms with Crippen molar-refractivity contribution < 1.29 is 9.59 Å². The molecule has 124 valence electrons. The van der Waals surface area contributed by atoms with Gasteiger partial charge >= 0.3 is 0 Å². The lowest BCUT2D eigenvalue weighted by Crippen LogP contribution is -2.55. The van der Waals surface area contributed by atoms with Gasteiger partial charge < -0.3 is 4.90 Å². The van der Waals surface area contributed by atoms with E-state index in [9.17, 15) is 9.59 Å². The molecule has 0 bridgehead atoms. The predicted molar refractivity (Wildman–Crippen MR) is 90.4 cm³/mol.